The van der Waals surface area contributed by atoms with Gasteiger partial charge in [0.1, 0.15) is 0 Å². The minimum absolute atomic E-state index is 0.152. The van der Waals surface area contributed by atoms with Crippen LogP contribution in [0.4, 0.5) is 0 Å². The zero-order valence-corrected chi connectivity index (χ0v) is 8.49. The van der Waals surface area contributed by atoms with Gasteiger partial charge < -0.3 is 10.6 Å². The lowest BCUT2D eigenvalue weighted by Crippen LogP contribution is -2.38. The molecule has 1 aliphatic rings. The van der Waals surface area contributed by atoms with E-state index in [0.29, 0.717) is 12.6 Å². The molecule has 4 nitrogen and oxygen atoms in total. The summed E-state index contributed by atoms with van der Waals surface area (Å²) in [4.78, 5) is 15.2. The topological polar surface area (TPSA) is 49.6 Å². The number of amides is 1. The van der Waals surface area contributed by atoms with E-state index in [1.165, 1.54) is 0 Å². The first-order valence-corrected chi connectivity index (χ1v) is 4.81. The van der Waals surface area contributed by atoms with Gasteiger partial charge in [0, 0.05) is 46.2 Å². The summed E-state index contributed by atoms with van der Waals surface area (Å²) in [6, 6.07) is 0.393. The number of hydrogen-bond donors (Lipinski definition) is 1. The molecule has 0 bridgehead atoms. The van der Waals surface area contributed by atoms with E-state index >= 15 is 0 Å². The van der Waals surface area contributed by atoms with Crippen LogP contribution in [-0.4, -0.2) is 55.0 Å². The molecule has 1 unspecified atom stereocenters. The number of nitrogens with two attached hydrogens (primary N) is 1. The first kappa shape index (κ1) is 10.5. The monoisotopic (exact) mass is 185 g/mol. The quantitative estimate of drug-likeness (QED) is 0.645. The highest BCUT2D eigenvalue weighted by atomic mass is 16.2. The summed E-state index contributed by atoms with van der Waals surface area (Å²) in [6.07, 6.45) is 1.08. The molecule has 76 valence electrons. The van der Waals surface area contributed by atoms with E-state index in [0.717, 1.165) is 26.1 Å². The first-order chi connectivity index (χ1) is 6.15. The van der Waals surface area contributed by atoms with Gasteiger partial charge in [-0.05, 0) is 6.42 Å². The number of hydrogen-bond acceptors (Lipinski definition) is 3. The van der Waals surface area contributed by atoms with Crippen molar-refractivity contribution >= 4 is 5.91 Å². The molecule has 0 aromatic rings. The first-order valence-electron chi connectivity index (χ1n) is 4.81. The second-order valence-electron chi connectivity index (χ2n) is 3.66. The SMILES string of the molecule is CC(=O)N(C)C1CCN(CCN)C1. The third-order valence-corrected chi connectivity index (χ3v) is 2.74. The number of carbonyl (C=O) groups excluding carboxylic acids is 1. The van der Waals surface area contributed by atoms with Crippen LogP contribution in [0.1, 0.15) is 13.3 Å². The number of nitrogens with zero attached hydrogens (tertiary/aromatic N) is 2. The fraction of sp³-hybridized carbons (Fsp3) is 0.889. The van der Waals surface area contributed by atoms with Crippen LogP contribution in [-0.2, 0) is 4.79 Å². The summed E-state index contributed by atoms with van der Waals surface area (Å²) in [5.74, 6) is 0.152. The average molecular weight is 185 g/mol. The zero-order valence-electron chi connectivity index (χ0n) is 8.49. The number of likely N-dealkylation sites (tertiary alicyclic amines) is 1. The summed E-state index contributed by atoms with van der Waals surface area (Å²) in [5.41, 5.74) is 5.47. The molecule has 0 aliphatic carbocycles. The van der Waals surface area contributed by atoms with Crippen LogP contribution in [0, 0.1) is 0 Å². The molecule has 0 aromatic heterocycles. The molecular weight excluding hydrogens is 166 g/mol. The van der Waals surface area contributed by atoms with Crippen LogP contribution >= 0.6 is 0 Å². The molecule has 0 radical (unpaired) electrons. The average Bonchev–Trinajstić information content (AvgIpc) is 2.52. The molecule has 1 rings (SSSR count). The molecule has 0 spiro atoms. The highest BCUT2D eigenvalue weighted by Crippen LogP contribution is 2.13. The second kappa shape index (κ2) is 4.58. The molecule has 2 N–H and O–H groups in total. The Morgan fingerprint density at radius 1 is 1.69 bits per heavy atom. The van der Waals surface area contributed by atoms with E-state index in [1.807, 2.05) is 11.9 Å². The van der Waals surface area contributed by atoms with Gasteiger partial charge in [0.05, 0.1) is 0 Å². The van der Waals surface area contributed by atoms with Gasteiger partial charge in [0.2, 0.25) is 5.91 Å². The van der Waals surface area contributed by atoms with Gasteiger partial charge in [0.25, 0.3) is 0 Å². The van der Waals surface area contributed by atoms with Gasteiger partial charge in [-0.1, -0.05) is 0 Å². The summed E-state index contributed by atoms with van der Waals surface area (Å²) in [6.45, 7) is 5.32. The van der Waals surface area contributed by atoms with Crippen molar-refractivity contribution < 1.29 is 4.79 Å². The lowest BCUT2D eigenvalue weighted by Gasteiger charge is -2.23. The van der Waals surface area contributed by atoms with E-state index in [1.54, 1.807) is 6.92 Å². The molecule has 1 saturated heterocycles. The molecule has 1 heterocycles. The van der Waals surface area contributed by atoms with Crippen LogP contribution in [0.2, 0.25) is 0 Å². The van der Waals surface area contributed by atoms with E-state index in [4.69, 9.17) is 5.73 Å². The van der Waals surface area contributed by atoms with Crippen LogP contribution in [0.3, 0.4) is 0 Å². The standard InChI is InChI=1S/C9H19N3O/c1-8(13)11(2)9-3-5-12(7-9)6-4-10/h9H,3-7,10H2,1-2H3. The second-order valence-corrected chi connectivity index (χ2v) is 3.66. The Hall–Kier alpha value is -0.610. The normalized spacial score (nSPS) is 23.5. The van der Waals surface area contributed by atoms with Crippen molar-refractivity contribution in [1.29, 1.82) is 0 Å². The van der Waals surface area contributed by atoms with Gasteiger partial charge >= 0.3 is 0 Å². The Bertz CT molecular complexity index is 184. The Labute approximate surface area is 79.7 Å². The highest BCUT2D eigenvalue weighted by molar-refractivity contribution is 5.73. The summed E-state index contributed by atoms with van der Waals surface area (Å²) >= 11 is 0. The minimum atomic E-state index is 0.152. The van der Waals surface area contributed by atoms with E-state index < -0.39 is 0 Å². The predicted molar refractivity (Wildman–Crippen MR) is 52.3 cm³/mol. The Kier molecular flexibility index (Phi) is 3.69. The molecule has 13 heavy (non-hydrogen) atoms. The van der Waals surface area contributed by atoms with Crippen LogP contribution in [0.15, 0.2) is 0 Å². The molecule has 0 aromatic carbocycles. The molecule has 1 aliphatic heterocycles. The van der Waals surface area contributed by atoms with Crippen LogP contribution in [0.5, 0.6) is 0 Å². The minimum Gasteiger partial charge on any atom is -0.342 e. The summed E-state index contributed by atoms with van der Waals surface area (Å²) in [5, 5.41) is 0. The van der Waals surface area contributed by atoms with E-state index in [9.17, 15) is 4.79 Å². The fourth-order valence-electron chi connectivity index (χ4n) is 1.77. The Morgan fingerprint density at radius 3 is 2.92 bits per heavy atom. The molecule has 4 heteroatoms. The van der Waals surface area contributed by atoms with E-state index in [2.05, 4.69) is 4.90 Å². The lowest BCUT2D eigenvalue weighted by atomic mass is 10.2. The molecule has 1 fully saturated rings. The van der Waals surface area contributed by atoms with Gasteiger partial charge in [-0.15, -0.1) is 0 Å². The van der Waals surface area contributed by atoms with Crippen LogP contribution < -0.4 is 5.73 Å². The number of likely N-dealkylation sites (N-methyl/N-ethyl adjacent to an activating group) is 1. The molecule has 1 amide bonds. The third kappa shape index (κ3) is 2.67. The summed E-state index contributed by atoms with van der Waals surface area (Å²) in [7, 11) is 1.87. The van der Waals surface area contributed by atoms with Gasteiger partial charge in [-0.3, -0.25) is 9.69 Å². The van der Waals surface area contributed by atoms with Crippen molar-refractivity contribution in [3.8, 4) is 0 Å². The maximum atomic E-state index is 11.1. The van der Waals surface area contributed by atoms with Crippen LogP contribution in [0.25, 0.3) is 0 Å². The largest absolute Gasteiger partial charge is 0.342 e. The van der Waals surface area contributed by atoms with E-state index in [-0.39, 0.29) is 5.91 Å². The fourth-order valence-corrected chi connectivity index (χ4v) is 1.77. The van der Waals surface area contributed by atoms with Crippen molar-refractivity contribution in [2.24, 2.45) is 5.73 Å². The summed E-state index contributed by atoms with van der Waals surface area (Å²) < 4.78 is 0. The lowest BCUT2D eigenvalue weighted by molar-refractivity contribution is -0.129. The maximum absolute atomic E-state index is 11.1. The molecule has 1 atom stereocenters. The van der Waals surface area contributed by atoms with Gasteiger partial charge in [-0.2, -0.15) is 0 Å². The van der Waals surface area contributed by atoms with Gasteiger partial charge in [0.15, 0.2) is 0 Å². The highest BCUT2D eigenvalue weighted by Gasteiger charge is 2.25. The Balaban J connectivity index is 2.36. The smallest absolute Gasteiger partial charge is 0.219 e. The third-order valence-electron chi connectivity index (χ3n) is 2.74. The van der Waals surface area contributed by atoms with Crippen molar-refractivity contribution in [2.45, 2.75) is 19.4 Å². The van der Waals surface area contributed by atoms with Crippen molar-refractivity contribution in [2.75, 3.05) is 33.2 Å². The molecule has 0 saturated carbocycles. The number of rotatable bonds is 3. The Morgan fingerprint density at radius 2 is 2.38 bits per heavy atom. The van der Waals surface area contributed by atoms with Crippen molar-refractivity contribution in [3.05, 3.63) is 0 Å². The molecular formula is C9H19N3O. The number of carbonyl (C=O) groups is 1. The predicted octanol–water partition coefficient (Wildman–Crippen LogP) is -0.502. The zero-order chi connectivity index (χ0) is 9.84. The van der Waals surface area contributed by atoms with Crippen molar-refractivity contribution in [1.82, 2.24) is 9.80 Å². The van der Waals surface area contributed by atoms with Gasteiger partial charge in [-0.25, -0.2) is 0 Å². The maximum Gasteiger partial charge on any atom is 0.219 e. The van der Waals surface area contributed by atoms with Crippen molar-refractivity contribution in [3.63, 3.8) is 0 Å².